The van der Waals surface area contributed by atoms with Crippen LogP contribution in [0.15, 0.2) is 53.3 Å². The molecule has 0 bridgehead atoms. The molecule has 28 heavy (non-hydrogen) atoms. The summed E-state index contributed by atoms with van der Waals surface area (Å²) >= 11 is 0. The van der Waals surface area contributed by atoms with Gasteiger partial charge in [0.25, 0.3) is 0 Å². The van der Waals surface area contributed by atoms with Gasteiger partial charge in [-0.15, -0.1) is 0 Å². The number of para-hydroxylation sites is 1. The van der Waals surface area contributed by atoms with E-state index in [2.05, 4.69) is 36.0 Å². The molecule has 0 radical (unpaired) electrons. The zero-order valence-electron chi connectivity index (χ0n) is 15.4. The molecule has 0 saturated heterocycles. The summed E-state index contributed by atoms with van der Waals surface area (Å²) in [5, 5.41) is 17.2. The number of rotatable bonds is 7. The van der Waals surface area contributed by atoms with Gasteiger partial charge in [0.2, 0.25) is 5.95 Å². The van der Waals surface area contributed by atoms with Crippen molar-refractivity contribution in [1.82, 2.24) is 25.3 Å². The summed E-state index contributed by atoms with van der Waals surface area (Å²) in [6, 6.07) is 11.4. The van der Waals surface area contributed by atoms with Crippen LogP contribution in [0.4, 0.5) is 17.6 Å². The standard InChI is InChI=1S/C19H19N7O2/c1-12-9-17(26-25-12)23-18-15(14-5-3-4-6-16(14)27-2)11-21-19(24-18)20-10-13-7-8-22-28-13/h3-9,11H,10H2,1-2H3,(H3,20,21,23,24,25,26). The van der Waals surface area contributed by atoms with Gasteiger partial charge in [0, 0.05) is 35.2 Å². The number of hydrogen-bond donors (Lipinski definition) is 3. The Morgan fingerprint density at radius 3 is 2.82 bits per heavy atom. The van der Waals surface area contributed by atoms with E-state index >= 15 is 0 Å². The van der Waals surface area contributed by atoms with Crippen molar-refractivity contribution in [2.45, 2.75) is 13.5 Å². The van der Waals surface area contributed by atoms with Crippen LogP contribution in [-0.2, 0) is 6.54 Å². The lowest BCUT2D eigenvalue weighted by Gasteiger charge is -2.14. The van der Waals surface area contributed by atoms with Gasteiger partial charge >= 0.3 is 0 Å². The molecule has 9 nitrogen and oxygen atoms in total. The number of H-pyrrole nitrogens is 1. The molecule has 0 aliphatic carbocycles. The van der Waals surface area contributed by atoms with Crippen molar-refractivity contribution in [2.24, 2.45) is 0 Å². The van der Waals surface area contributed by atoms with Crippen LogP contribution in [0.2, 0.25) is 0 Å². The lowest BCUT2D eigenvalue weighted by Crippen LogP contribution is -2.06. The normalized spacial score (nSPS) is 10.6. The van der Waals surface area contributed by atoms with Crippen molar-refractivity contribution in [3.8, 4) is 16.9 Å². The molecule has 0 atom stereocenters. The van der Waals surface area contributed by atoms with E-state index in [0.29, 0.717) is 29.9 Å². The largest absolute Gasteiger partial charge is 0.496 e. The number of aryl methyl sites for hydroxylation is 1. The summed E-state index contributed by atoms with van der Waals surface area (Å²) in [7, 11) is 1.64. The van der Waals surface area contributed by atoms with Crippen LogP contribution >= 0.6 is 0 Å². The van der Waals surface area contributed by atoms with E-state index in [4.69, 9.17) is 9.26 Å². The third kappa shape index (κ3) is 3.78. The topological polar surface area (TPSA) is 114 Å². The van der Waals surface area contributed by atoms with Gasteiger partial charge < -0.3 is 19.9 Å². The van der Waals surface area contributed by atoms with Gasteiger partial charge in [0.1, 0.15) is 11.6 Å². The second-order valence-electron chi connectivity index (χ2n) is 6.05. The number of aromatic nitrogens is 5. The van der Waals surface area contributed by atoms with Crippen LogP contribution < -0.4 is 15.4 Å². The number of benzene rings is 1. The highest BCUT2D eigenvalue weighted by molar-refractivity contribution is 5.81. The number of nitrogens with zero attached hydrogens (tertiary/aromatic N) is 4. The number of nitrogens with one attached hydrogen (secondary N) is 3. The van der Waals surface area contributed by atoms with E-state index in [-0.39, 0.29) is 0 Å². The minimum absolute atomic E-state index is 0.426. The smallest absolute Gasteiger partial charge is 0.225 e. The highest BCUT2D eigenvalue weighted by atomic mass is 16.5. The van der Waals surface area contributed by atoms with Crippen LogP contribution in [-0.4, -0.2) is 32.4 Å². The Hall–Kier alpha value is -3.88. The molecule has 0 aliphatic heterocycles. The van der Waals surface area contributed by atoms with Crippen LogP contribution in [0, 0.1) is 6.92 Å². The van der Waals surface area contributed by atoms with Crippen molar-refractivity contribution in [1.29, 1.82) is 0 Å². The molecule has 0 aliphatic rings. The van der Waals surface area contributed by atoms with Gasteiger partial charge in [0.05, 0.1) is 19.9 Å². The first-order chi connectivity index (χ1) is 13.7. The molecule has 3 heterocycles. The Labute approximate surface area is 161 Å². The van der Waals surface area contributed by atoms with E-state index in [0.717, 1.165) is 22.6 Å². The Balaban J connectivity index is 1.69. The average Bonchev–Trinajstić information content (AvgIpc) is 3.38. The van der Waals surface area contributed by atoms with Crippen molar-refractivity contribution >= 4 is 17.6 Å². The molecule has 9 heteroatoms. The zero-order valence-corrected chi connectivity index (χ0v) is 15.4. The maximum atomic E-state index is 5.50. The van der Waals surface area contributed by atoms with E-state index in [9.17, 15) is 0 Å². The van der Waals surface area contributed by atoms with Gasteiger partial charge in [-0.3, -0.25) is 5.10 Å². The number of anilines is 3. The molecule has 4 aromatic rings. The molecule has 0 unspecified atom stereocenters. The van der Waals surface area contributed by atoms with Gasteiger partial charge in [-0.25, -0.2) is 4.98 Å². The molecule has 1 aromatic carbocycles. The minimum atomic E-state index is 0.426. The molecule has 0 fully saturated rings. The van der Waals surface area contributed by atoms with Crippen LogP contribution in [0.25, 0.3) is 11.1 Å². The van der Waals surface area contributed by atoms with Gasteiger partial charge in [-0.1, -0.05) is 23.4 Å². The first-order valence-electron chi connectivity index (χ1n) is 8.66. The summed E-state index contributed by atoms with van der Waals surface area (Å²) in [4.78, 5) is 9.05. The van der Waals surface area contributed by atoms with Gasteiger partial charge in [-0.05, 0) is 13.0 Å². The van der Waals surface area contributed by atoms with Crippen LogP contribution in [0.1, 0.15) is 11.5 Å². The second-order valence-corrected chi connectivity index (χ2v) is 6.05. The summed E-state index contributed by atoms with van der Waals surface area (Å²) in [5.41, 5.74) is 2.61. The van der Waals surface area contributed by atoms with E-state index < -0.39 is 0 Å². The molecule has 4 rings (SSSR count). The Kier molecular flexibility index (Phi) is 4.87. The lowest BCUT2D eigenvalue weighted by atomic mass is 10.1. The fraction of sp³-hybridized carbons (Fsp3) is 0.158. The molecule has 142 valence electrons. The first kappa shape index (κ1) is 17.5. The average molecular weight is 377 g/mol. The number of methoxy groups -OCH3 is 1. The Morgan fingerprint density at radius 1 is 1.18 bits per heavy atom. The third-order valence-electron chi connectivity index (χ3n) is 4.05. The van der Waals surface area contributed by atoms with Crippen molar-refractivity contribution in [3.63, 3.8) is 0 Å². The van der Waals surface area contributed by atoms with E-state index in [1.54, 1.807) is 25.6 Å². The maximum absolute atomic E-state index is 5.50. The fourth-order valence-electron chi connectivity index (χ4n) is 2.73. The molecule has 3 N–H and O–H groups in total. The predicted molar refractivity (Wildman–Crippen MR) is 104 cm³/mol. The lowest BCUT2D eigenvalue weighted by molar-refractivity contribution is 0.388. The summed E-state index contributed by atoms with van der Waals surface area (Å²) < 4.78 is 10.6. The van der Waals surface area contributed by atoms with Crippen LogP contribution in [0.3, 0.4) is 0 Å². The SMILES string of the molecule is COc1ccccc1-c1cnc(NCc2ccno2)nc1Nc1cc(C)[nH]n1. The number of ether oxygens (including phenoxy) is 1. The molecule has 0 amide bonds. The monoisotopic (exact) mass is 377 g/mol. The van der Waals surface area contributed by atoms with Crippen LogP contribution in [0.5, 0.6) is 5.75 Å². The minimum Gasteiger partial charge on any atom is -0.496 e. The van der Waals surface area contributed by atoms with Crippen molar-refractivity contribution in [2.75, 3.05) is 17.7 Å². The van der Waals surface area contributed by atoms with E-state index in [1.165, 1.54) is 0 Å². The Morgan fingerprint density at radius 2 is 2.07 bits per heavy atom. The van der Waals surface area contributed by atoms with Crippen molar-refractivity contribution < 1.29 is 9.26 Å². The number of hydrogen-bond acceptors (Lipinski definition) is 8. The first-order valence-corrected chi connectivity index (χ1v) is 8.66. The summed E-state index contributed by atoms with van der Waals surface area (Å²) in [6.45, 7) is 2.36. The maximum Gasteiger partial charge on any atom is 0.225 e. The summed E-state index contributed by atoms with van der Waals surface area (Å²) in [5.74, 6) is 3.13. The van der Waals surface area contributed by atoms with Crippen molar-refractivity contribution in [3.05, 3.63) is 60.2 Å². The molecule has 0 saturated carbocycles. The predicted octanol–water partition coefficient (Wildman–Crippen LogP) is 3.53. The molecule has 3 aromatic heterocycles. The Bertz CT molecular complexity index is 1060. The van der Waals surface area contributed by atoms with E-state index in [1.807, 2.05) is 37.3 Å². The van der Waals surface area contributed by atoms with Gasteiger partial charge in [0.15, 0.2) is 11.6 Å². The fourth-order valence-corrected chi connectivity index (χ4v) is 2.73. The third-order valence-corrected chi connectivity index (χ3v) is 4.05. The number of aromatic amines is 1. The summed E-state index contributed by atoms with van der Waals surface area (Å²) in [6.07, 6.45) is 3.34. The molecular formula is C19H19N7O2. The quantitative estimate of drug-likeness (QED) is 0.448. The zero-order chi connectivity index (χ0) is 19.3. The van der Waals surface area contributed by atoms with Gasteiger partial charge in [-0.2, -0.15) is 10.1 Å². The highest BCUT2D eigenvalue weighted by Crippen LogP contribution is 2.35. The molecular weight excluding hydrogens is 358 g/mol. The molecule has 0 spiro atoms. The second kappa shape index (κ2) is 7.78. The highest BCUT2D eigenvalue weighted by Gasteiger charge is 2.15.